The Morgan fingerprint density at radius 2 is 2.00 bits per heavy atom. The molecule has 2 aliphatic rings. The van der Waals surface area contributed by atoms with Gasteiger partial charge in [-0.05, 0) is 25.0 Å². The molecule has 0 radical (unpaired) electrons. The second-order valence-corrected chi connectivity index (χ2v) is 4.02. The number of nitrogens with one attached hydrogen (secondary N) is 1. The highest BCUT2D eigenvalue weighted by Crippen LogP contribution is 2.15. The minimum atomic E-state index is 0.322. The molecule has 16 heavy (non-hydrogen) atoms. The Balaban J connectivity index is 0.000000125. The molecule has 0 spiro atoms. The van der Waals surface area contributed by atoms with Crippen molar-refractivity contribution in [2.24, 2.45) is 0 Å². The summed E-state index contributed by atoms with van der Waals surface area (Å²) in [7, 11) is 0. The fourth-order valence-corrected chi connectivity index (χ4v) is 1.94. The van der Waals surface area contributed by atoms with E-state index in [1.165, 1.54) is 25.1 Å². The molecule has 0 bridgehead atoms. The van der Waals surface area contributed by atoms with Crippen LogP contribution in [-0.2, 0) is 0 Å². The van der Waals surface area contributed by atoms with Gasteiger partial charge in [-0.25, -0.2) is 0 Å². The summed E-state index contributed by atoms with van der Waals surface area (Å²) in [5.74, 6) is 0.322. The van der Waals surface area contributed by atoms with Gasteiger partial charge in [-0.2, -0.15) is 0 Å². The maximum atomic E-state index is 8.63. The van der Waals surface area contributed by atoms with E-state index in [9.17, 15) is 0 Å². The van der Waals surface area contributed by atoms with Crippen LogP contribution in [0.1, 0.15) is 12.8 Å². The molecule has 1 fully saturated rings. The third-order valence-electron chi connectivity index (χ3n) is 2.78. The second-order valence-electron chi connectivity index (χ2n) is 4.02. The first kappa shape index (κ1) is 11.0. The predicted octanol–water partition coefficient (Wildman–Crippen LogP) is 1.92. The lowest BCUT2D eigenvalue weighted by Gasteiger charge is -2.22. The van der Waals surface area contributed by atoms with Gasteiger partial charge in [0.05, 0.1) is 6.67 Å². The Hall–Kier alpha value is -1.48. The largest absolute Gasteiger partial charge is 0.508 e. The van der Waals surface area contributed by atoms with Gasteiger partial charge in [-0.3, -0.25) is 5.32 Å². The quantitative estimate of drug-likeness (QED) is 0.698. The smallest absolute Gasteiger partial charge is 0.115 e. The molecule has 0 unspecified atom stereocenters. The number of phenols is 1. The number of allylic oxidation sites excluding steroid dienone is 1. The minimum absolute atomic E-state index is 0.322. The highest BCUT2D eigenvalue weighted by Gasteiger charge is 2.17. The highest BCUT2D eigenvalue weighted by molar-refractivity contribution is 5.18. The Labute approximate surface area is 96.4 Å². The zero-order chi connectivity index (χ0) is 11.2. The molecule has 0 amide bonds. The normalized spacial score (nSPS) is 18.2. The van der Waals surface area contributed by atoms with Crippen LogP contribution in [0.2, 0.25) is 0 Å². The lowest BCUT2D eigenvalue weighted by atomic mass is 10.2. The summed E-state index contributed by atoms with van der Waals surface area (Å²) < 4.78 is 0. The predicted molar refractivity (Wildman–Crippen MR) is 65.0 cm³/mol. The van der Waals surface area contributed by atoms with Crippen molar-refractivity contribution < 1.29 is 5.11 Å². The van der Waals surface area contributed by atoms with Crippen molar-refractivity contribution in [3.63, 3.8) is 0 Å². The standard InChI is InChI=1S/C7H12N2.C6H6O/c1-2-4-9-6-8-5-7(9)3-1;7-6-4-2-1-3-5-6/h3,8H,1-2,4-6H2;1-5,7H. The van der Waals surface area contributed by atoms with Crippen LogP contribution in [0.25, 0.3) is 0 Å². The maximum absolute atomic E-state index is 8.63. The molecule has 3 heteroatoms. The van der Waals surface area contributed by atoms with Crippen LogP contribution < -0.4 is 5.32 Å². The van der Waals surface area contributed by atoms with E-state index in [0.29, 0.717) is 5.75 Å². The van der Waals surface area contributed by atoms with E-state index in [-0.39, 0.29) is 0 Å². The van der Waals surface area contributed by atoms with Gasteiger partial charge >= 0.3 is 0 Å². The maximum Gasteiger partial charge on any atom is 0.115 e. The minimum Gasteiger partial charge on any atom is -0.508 e. The Morgan fingerprint density at radius 1 is 1.19 bits per heavy atom. The number of hydrogen-bond donors (Lipinski definition) is 2. The first-order valence-electron chi connectivity index (χ1n) is 5.75. The van der Waals surface area contributed by atoms with Crippen LogP contribution in [0.4, 0.5) is 0 Å². The number of phenolic OH excluding ortho intramolecular Hbond substituents is 1. The van der Waals surface area contributed by atoms with E-state index < -0.39 is 0 Å². The van der Waals surface area contributed by atoms with E-state index in [1.54, 1.807) is 24.3 Å². The summed E-state index contributed by atoms with van der Waals surface area (Å²) in [5, 5.41) is 12.0. The van der Waals surface area contributed by atoms with Crippen molar-refractivity contribution in [1.29, 1.82) is 0 Å². The average molecular weight is 218 g/mol. The molecule has 2 heterocycles. The zero-order valence-electron chi connectivity index (χ0n) is 9.39. The van der Waals surface area contributed by atoms with E-state index in [4.69, 9.17) is 5.11 Å². The summed E-state index contributed by atoms with van der Waals surface area (Å²) in [6.07, 6.45) is 4.97. The van der Waals surface area contributed by atoms with Crippen LogP contribution >= 0.6 is 0 Å². The lowest BCUT2D eigenvalue weighted by Crippen LogP contribution is -2.24. The first-order valence-corrected chi connectivity index (χ1v) is 5.75. The summed E-state index contributed by atoms with van der Waals surface area (Å²) >= 11 is 0. The van der Waals surface area contributed by atoms with Crippen molar-refractivity contribution in [2.45, 2.75) is 12.8 Å². The molecule has 0 aromatic heterocycles. The molecule has 86 valence electrons. The number of hydrogen-bond acceptors (Lipinski definition) is 3. The van der Waals surface area contributed by atoms with Gasteiger partial charge in [0.25, 0.3) is 0 Å². The fraction of sp³-hybridized carbons (Fsp3) is 0.385. The fourth-order valence-electron chi connectivity index (χ4n) is 1.94. The van der Waals surface area contributed by atoms with E-state index in [0.717, 1.165) is 13.2 Å². The first-order chi connectivity index (χ1) is 7.86. The molecule has 0 aliphatic carbocycles. The summed E-state index contributed by atoms with van der Waals surface area (Å²) in [5.41, 5.74) is 1.52. The number of fused-ring (bicyclic) bond motifs is 1. The molecule has 1 aromatic rings. The molecule has 2 N–H and O–H groups in total. The summed E-state index contributed by atoms with van der Waals surface area (Å²) in [6, 6.07) is 8.71. The second kappa shape index (κ2) is 5.56. The molecular formula is C13H18N2O. The molecule has 1 aromatic carbocycles. The van der Waals surface area contributed by atoms with Crippen molar-refractivity contribution in [2.75, 3.05) is 19.8 Å². The number of benzene rings is 1. The Kier molecular flexibility index (Phi) is 3.83. The van der Waals surface area contributed by atoms with Gasteiger partial charge in [0.2, 0.25) is 0 Å². The molecule has 2 aliphatic heterocycles. The molecule has 3 nitrogen and oxygen atoms in total. The third-order valence-corrected chi connectivity index (χ3v) is 2.78. The molecular weight excluding hydrogens is 200 g/mol. The number of aromatic hydroxyl groups is 1. The van der Waals surface area contributed by atoms with Crippen LogP contribution in [0.5, 0.6) is 5.75 Å². The van der Waals surface area contributed by atoms with E-state index in [2.05, 4.69) is 16.3 Å². The monoisotopic (exact) mass is 218 g/mol. The van der Waals surface area contributed by atoms with E-state index in [1.807, 2.05) is 6.07 Å². The van der Waals surface area contributed by atoms with Gasteiger partial charge in [-0.15, -0.1) is 0 Å². The molecule has 1 saturated heterocycles. The zero-order valence-corrected chi connectivity index (χ0v) is 9.39. The van der Waals surface area contributed by atoms with Crippen molar-refractivity contribution in [3.05, 3.63) is 42.1 Å². The SMILES string of the molecule is C1=C2CNCN2CCC1.Oc1ccccc1. The van der Waals surface area contributed by atoms with Gasteiger partial charge in [0, 0.05) is 18.8 Å². The summed E-state index contributed by atoms with van der Waals surface area (Å²) in [6.45, 7) is 3.44. The van der Waals surface area contributed by atoms with Gasteiger partial charge < -0.3 is 10.0 Å². The van der Waals surface area contributed by atoms with Crippen LogP contribution in [0, 0.1) is 0 Å². The van der Waals surface area contributed by atoms with E-state index >= 15 is 0 Å². The van der Waals surface area contributed by atoms with Crippen LogP contribution in [0.3, 0.4) is 0 Å². The topological polar surface area (TPSA) is 35.5 Å². The molecule has 3 rings (SSSR count). The lowest BCUT2D eigenvalue weighted by molar-refractivity contribution is 0.360. The molecule has 0 atom stereocenters. The van der Waals surface area contributed by atoms with Gasteiger partial charge in [0.15, 0.2) is 0 Å². The van der Waals surface area contributed by atoms with Crippen molar-refractivity contribution in [1.82, 2.24) is 10.2 Å². The van der Waals surface area contributed by atoms with Crippen molar-refractivity contribution in [3.8, 4) is 5.75 Å². The Morgan fingerprint density at radius 3 is 2.62 bits per heavy atom. The molecule has 0 saturated carbocycles. The van der Waals surface area contributed by atoms with Gasteiger partial charge in [-0.1, -0.05) is 24.3 Å². The highest BCUT2D eigenvalue weighted by atomic mass is 16.3. The van der Waals surface area contributed by atoms with Crippen LogP contribution in [-0.4, -0.2) is 29.8 Å². The number of nitrogens with zero attached hydrogens (tertiary/aromatic N) is 1. The average Bonchev–Trinajstić information content (AvgIpc) is 2.79. The third kappa shape index (κ3) is 3.00. The van der Waals surface area contributed by atoms with Crippen molar-refractivity contribution >= 4 is 0 Å². The Bertz CT molecular complexity index is 348. The van der Waals surface area contributed by atoms with Crippen LogP contribution in [0.15, 0.2) is 42.1 Å². The number of rotatable bonds is 0. The van der Waals surface area contributed by atoms with Gasteiger partial charge in [0.1, 0.15) is 5.75 Å². The summed E-state index contributed by atoms with van der Waals surface area (Å²) in [4.78, 5) is 2.42. The number of para-hydroxylation sites is 1.